The molecule has 108 valence electrons. The van der Waals surface area contributed by atoms with Gasteiger partial charge in [0.1, 0.15) is 0 Å². The third kappa shape index (κ3) is 3.77. The summed E-state index contributed by atoms with van der Waals surface area (Å²) in [6.07, 6.45) is 4.08. The molecule has 0 spiro atoms. The Morgan fingerprint density at radius 3 is 2.30 bits per heavy atom. The van der Waals surface area contributed by atoms with E-state index in [0.29, 0.717) is 11.1 Å². The zero-order chi connectivity index (χ0) is 14.4. The number of imide groups is 1. The van der Waals surface area contributed by atoms with E-state index in [9.17, 15) is 9.59 Å². The first-order valence-electron chi connectivity index (χ1n) is 7.28. The summed E-state index contributed by atoms with van der Waals surface area (Å²) in [7, 11) is -0.626. The maximum Gasteiger partial charge on any atom is 0.258 e. The van der Waals surface area contributed by atoms with Crippen molar-refractivity contribution < 1.29 is 14.0 Å². The number of hydrogen-bond donors (Lipinski definition) is 1. The molecule has 1 aromatic carbocycles. The standard InChI is InChI=1S/C8H5NO2.C7H16OSi/c10-7-5-3-1-2-4-6(5)8(11)9-7;1-2-6-9-7-4-3-5-8-9/h1-4H,(H,9,10,11);9H,2-7H2,1H3. The first-order valence-corrected chi connectivity index (χ1v) is 9.39. The fourth-order valence-corrected chi connectivity index (χ4v) is 4.98. The van der Waals surface area contributed by atoms with Gasteiger partial charge >= 0.3 is 0 Å². The molecule has 1 fully saturated rings. The molecule has 3 rings (SSSR count). The van der Waals surface area contributed by atoms with Crippen molar-refractivity contribution in [1.82, 2.24) is 5.32 Å². The second kappa shape index (κ2) is 7.35. The van der Waals surface area contributed by atoms with Crippen molar-refractivity contribution >= 4 is 20.9 Å². The molecular weight excluding hydrogens is 270 g/mol. The number of hydrogen-bond acceptors (Lipinski definition) is 3. The monoisotopic (exact) mass is 291 g/mol. The number of nitrogens with one attached hydrogen (secondary N) is 1. The van der Waals surface area contributed by atoms with Gasteiger partial charge in [0, 0.05) is 6.61 Å². The highest BCUT2D eigenvalue weighted by Crippen LogP contribution is 2.15. The van der Waals surface area contributed by atoms with Crippen LogP contribution in [0.25, 0.3) is 0 Å². The minimum atomic E-state index is -0.626. The SMILES string of the molecule is CCC[SiH]1CCCCO1.O=C1NC(=O)c2ccccc21. The summed E-state index contributed by atoms with van der Waals surface area (Å²) < 4.78 is 5.66. The normalized spacial score (nSPS) is 20.8. The summed E-state index contributed by atoms with van der Waals surface area (Å²) in [4.78, 5) is 21.9. The minimum absolute atomic E-state index is 0.300. The van der Waals surface area contributed by atoms with Gasteiger partial charge in [0.15, 0.2) is 9.04 Å². The predicted octanol–water partition coefficient (Wildman–Crippen LogP) is 2.50. The van der Waals surface area contributed by atoms with Gasteiger partial charge in [-0.1, -0.05) is 31.9 Å². The lowest BCUT2D eigenvalue weighted by molar-refractivity contribution is 0.0879. The number of carbonyl (C=O) groups is 2. The quantitative estimate of drug-likeness (QED) is 0.673. The molecule has 5 heteroatoms. The maximum absolute atomic E-state index is 10.9. The lowest BCUT2D eigenvalue weighted by Crippen LogP contribution is -2.22. The van der Waals surface area contributed by atoms with Gasteiger partial charge in [0.25, 0.3) is 11.8 Å². The first kappa shape index (κ1) is 14.9. The molecule has 1 aromatic rings. The van der Waals surface area contributed by atoms with E-state index >= 15 is 0 Å². The molecule has 0 aromatic heterocycles. The molecule has 1 atom stereocenters. The van der Waals surface area contributed by atoms with Gasteiger partial charge in [0.2, 0.25) is 0 Å². The van der Waals surface area contributed by atoms with Gasteiger partial charge in [-0.2, -0.15) is 0 Å². The van der Waals surface area contributed by atoms with Crippen LogP contribution in [0.15, 0.2) is 24.3 Å². The molecule has 4 nitrogen and oxygen atoms in total. The molecule has 2 aliphatic heterocycles. The van der Waals surface area contributed by atoms with E-state index in [1.165, 1.54) is 31.4 Å². The summed E-state index contributed by atoms with van der Waals surface area (Å²) in [5.74, 6) is -0.601. The van der Waals surface area contributed by atoms with Crippen LogP contribution < -0.4 is 5.32 Å². The van der Waals surface area contributed by atoms with E-state index in [1.54, 1.807) is 24.3 Å². The van der Waals surface area contributed by atoms with Crippen LogP contribution in [0.2, 0.25) is 12.1 Å². The zero-order valence-electron chi connectivity index (χ0n) is 11.9. The second-order valence-corrected chi connectivity index (χ2v) is 7.84. The lowest BCUT2D eigenvalue weighted by atomic mass is 10.1. The zero-order valence-corrected chi connectivity index (χ0v) is 13.0. The molecule has 0 aliphatic carbocycles. The third-order valence-electron chi connectivity index (χ3n) is 3.53. The number of amides is 2. The summed E-state index contributed by atoms with van der Waals surface area (Å²) in [5.41, 5.74) is 0.940. The summed E-state index contributed by atoms with van der Waals surface area (Å²) >= 11 is 0. The van der Waals surface area contributed by atoms with Gasteiger partial charge in [-0.3, -0.25) is 14.9 Å². The highest BCUT2D eigenvalue weighted by atomic mass is 28.3. The van der Waals surface area contributed by atoms with Crippen molar-refractivity contribution in [2.75, 3.05) is 6.61 Å². The molecule has 1 saturated heterocycles. The van der Waals surface area contributed by atoms with Crippen molar-refractivity contribution in [1.29, 1.82) is 0 Å². The molecule has 2 amide bonds. The third-order valence-corrected chi connectivity index (χ3v) is 6.51. The average Bonchev–Trinajstić information content (AvgIpc) is 2.77. The fraction of sp³-hybridized carbons (Fsp3) is 0.467. The van der Waals surface area contributed by atoms with Gasteiger partial charge < -0.3 is 4.43 Å². The topological polar surface area (TPSA) is 55.4 Å². The Bertz CT molecular complexity index is 448. The Morgan fingerprint density at radius 1 is 1.15 bits per heavy atom. The van der Waals surface area contributed by atoms with E-state index in [-0.39, 0.29) is 11.8 Å². The predicted molar refractivity (Wildman–Crippen MR) is 80.5 cm³/mol. The lowest BCUT2D eigenvalue weighted by Gasteiger charge is -2.19. The molecular formula is C15H21NO3Si. The average molecular weight is 291 g/mol. The highest BCUT2D eigenvalue weighted by Gasteiger charge is 2.25. The number of rotatable bonds is 2. The molecule has 0 bridgehead atoms. The van der Waals surface area contributed by atoms with Crippen LogP contribution in [0.5, 0.6) is 0 Å². The Kier molecular flexibility index (Phi) is 5.49. The fourth-order valence-electron chi connectivity index (χ4n) is 2.47. The first-order chi connectivity index (χ1) is 9.72. The van der Waals surface area contributed by atoms with Crippen molar-refractivity contribution in [2.24, 2.45) is 0 Å². The largest absolute Gasteiger partial charge is 0.420 e. The summed E-state index contributed by atoms with van der Waals surface area (Å²) in [6, 6.07) is 9.58. The maximum atomic E-state index is 10.9. The minimum Gasteiger partial charge on any atom is -0.420 e. The van der Waals surface area contributed by atoms with Crippen LogP contribution in [0.4, 0.5) is 0 Å². The van der Waals surface area contributed by atoms with Crippen molar-refractivity contribution in [3.8, 4) is 0 Å². The smallest absolute Gasteiger partial charge is 0.258 e. The van der Waals surface area contributed by atoms with Gasteiger partial charge in [0.05, 0.1) is 11.1 Å². The van der Waals surface area contributed by atoms with Gasteiger partial charge in [-0.15, -0.1) is 0 Å². The summed E-state index contributed by atoms with van der Waals surface area (Å²) in [5, 5.41) is 2.20. The van der Waals surface area contributed by atoms with E-state index in [4.69, 9.17) is 4.43 Å². The van der Waals surface area contributed by atoms with Crippen molar-refractivity contribution in [3.05, 3.63) is 35.4 Å². The number of benzene rings is 1. The van der Waals surface area contributed by atoms with E-state index in [1.807, 2.05) is 0 Å². The van der Waals surface area contributed by atoms with E-state index in [2.05, 4.69) is 12.2 Å². The van der Waals surface area contributed by atoms with E-state index < -0.39 is 9.04 Å². The molecule has 2 heterocycles. The van der Waals surface area contributed by atoms with Crippen LogP contribution >= 0.6 is 0 Å². The molecule has 1 N–H and O–H groups in total. The van der Waals surface area contributed by atoms with Gasteiger partial charge in [-0.25, -0.2) is 0 Å². The number of carbonyl (C=O) groups excluding carboxylic acids is 2. The van der Waals surface area contributed by atoms with Crippen LogP contribution in [0, 0.1) is 0 Å². The Morgan fingerprint density at radius 2 is 1.80 bits per heavy atom. The molecule has 20 heavy (non-hydrogen) atoms. The Balaban J connectivity index is 0.000000151. The summed E-state index contributed by atoms with van der Waals surface area (Å²) in [6.45, 7) is 3.32. The second-order valence-electron chi connectivity index (χ2n) is 5.11. The van der Waals surface area contributed by atoms with Gasteiger partial charge in [-0.05, 0) is 30.6 Å². The Hall–Kier alpha value is -1.46. The van der Waals surface area contributed by atoms with Crippen molar-refractivity contribution in [3.63, 3.8) is 0 Å². The van der Waals surface area contributed by atoms with Crippen LogP contribution in [-0.2, 0) is 4.43 Å². The van der Waals surface area contributed by atoms with Crippen LogP contribution in [0.3, 0.4) is 0 Å². The van der Waals surface area contributed by atoms with E-state index in [0.717, 1.165) is 6.61 Å². The van der Waals surface area contributed by atoms with Crippen LogP contribution in [0.1, 0.15) is 46.9 Å². The highest BCUT2D eigenvalue weighted by molar-refractivity contribution is 6.51. The van der Waals surface area contributed by atoms with Crippen LogP contribution in [-0.4, -0.2) is 27.5 Å². The Labute approximate surface area is 121 Å². The molecule has 0 saturated carbocycles. The number of fused-ring (bicyclic) bond motifs is 1. The molecule has 1 unspecified atom stereocenters. The molecule has 2 aliphatic rings. The molecule has 0 radical (unpaired) electrons. The van der Waals surface area contributed by atoms with Crippen molar-refractivity contribution in [2.45, 2.75) is 38.3 Å².